The van der Waals surface area contributed by atoms with Gasteiger partial charge in [-0.3, -0.25) is 4.79 Å². The minimum Gasteiger partial charge on any atom is -0.456 e. The zero-order valence-corrected chi connectivity index (χ0v) is 14.9. The molecule has 4 atom stereocenters. The first-order valence-corrected chi connectivity index (χ1v) is 8.88. The van der Waals surface area contributed by atoms with E-state index in [-0.39, 0.29) is 5.97 Å². The Hall–Kier alpha value is -1.04. The van der Waals surface area contributed by atoms with Crippen LogP contribution in [-0.4, -0.2) is 22.1 Å². The molecule has 1 heterocycles. The second-order valence-electron chi connectivity index (χ2n) is 7.09. The van der Waals surface area contributed by atoms with E-state index in [9.17, 15) is 4.79 Å². The molecule has 0 amide bonds. The number of esters is 1. The summed E-state index contributed by atoms with van der Waals surface area (Å²) < 4.78 is 5.60. The zero-order chi connectivity index (χ0) is 16.7. The first-order valence-electron chi connectivity index (χ1n) is 8.07. The van der Waals surface area contributed by atoms with Gasteiger partial charge in [0.15, 0.2) is 4.93 Å². The third-order valence-corrected chi connectivity index (χ3v) is 6.60. The summed E-state index contributed by atoms with van der Waals surface area (Å²) in [5.74, 6) is 0.0675. The van der Waals surface area contributed by atoms with Crippen LogP contribution in [0.25, 0.3) is 0 Å². The average molecular weight is 336 g/mol. The molecule has 4 nitrogen and oxygen atoms in total. The van der Waals surface area contributed by atoms with Crippen LogP contribution >= 0.6 is 11.8 Å². The molecule has 2 fully saturated rings. The van der Waals surface area contributed by atoms with Crippen molar-refractivity contribution in [1.29, 1.82) is 0 Å². The molecule has 0 aromatic heterocycles. The summed E-state index contributed by atoms with van der Waals surface area (Å²) in [5, 5.41) is 0. The van der Waals surface area contributed by atoms with Gasteiger partial charge >= 0.3 is 5.97 Å². The van der Waals surface area contributed by atoms with Crippen LogP contribution in [-0.2, 0) is 19.3 Å². The van der Waals surface area contributed by atoms with Crippen LogP contribution in [0.1, 0.15) is 47.0 Å². The van der Waals surface area contributed by atoms with Crippen molar-refractivity contribution in [2.24, 2.45) is 5.92 Å². The summed E-state index contributed by atoms with van der Waals surface area (Å²) in [5.41, 5.74) is -1.26. The number of benzene rings is 1. The lowest BCUT2D eigenvalue weighted by molar-refractivity contribution is -0.458. The van der Waals surface area contributed by atoms with Gasteiger partial charge in [0.1, 0.15) is 11.2 Å². The van der Waals surface area contributed by atoms with E-state index < -0.39 is 16.1 Å². The quantitative estimate of drug-likeness (QED) is 0.607. The molecule has 3 rings (SSSR count). The van der Waals surface area contributed by atoms with Crippen molar-refractivity contribution in [3.63, 3.8) is 0 Å². The highest BCUT2D eigenvalue weighted by molar-refractivity contribution is 8.00. The maximum Gasteiger partial charge on any atom is 0.303 e. The van der Waals surface area contributed by atoms with E-state index in [2.05, 4.69) is 19.1 Å². The van der Waals surface area contributed by atoms with Crippen molar-refractivity contribution in [2.75, 3.05) is 0 Å². The maximum atomic E-state index is 11.5. The number of hydrogen-bond acceptors (Lipinski definition) is 5. The third-order valence-electron chi connectivity index (χ3n) is 5.29. The van der Waals surface area contributed by atoms with E-state index in [0.29, 0.717) is 5.92 Å². The van der Waals surface area contributed by atoms with Crippen molar-refractivity contribution in [3.05, 3.63) is 30.3 Å². The highest BCUT2D eigenvalue weighted by Gasteiger charge is 2.61. The average Bonchev–Trinajstić information content (AvgIpc) is 2.48. The number of carbonyl (C=O) groups excluding carboxylic acids is 1. The van der Waals surface area contributed by atoms with Gasteiger partial charge in [0, 0.05) is 17.7 Å². The summed E-state index contributed by atoms with van der Waals surface area (Å²) in [6.45, 7) is 7.46. The summed E-state index contributed by atoms with van der Waals surface area (Å²) in [6, 6.07) is 10.2. The standard InChI is InChI=1S/C18H24O4S/c1-13(19)20-16(2)11-10-14-12-17(16,3)21-22-18(14,4)23-15-8-6-5-7-9-15/h5-9,14H,10-12H2,1-4H3/t14-,16-,17-,18+/m1/s1. The summed E-state index contributed by atoms with van der Waals surface area (Å²) >= 11 is 1.69. The molecule has 2 aliphatic rings. The summed E-state index contributed by atoms with van der Waals surface area (Å²) in [7, 11) is 0. The smallest absolute Gasteiger partial charge is 0.303 e. The Bertz CT molecular complexity index is 592. The van der Waals surface area contributed by atoms with Gasteiger partial charge in [-0.1, -0.05) is 30.0 Å². The van der Waals surface area contributed by atoms with E-state index in [1.807, 2.05) is 32.0 Å². The van der Waals surface area contributed by atoms with Crippen molar-refractivity contribution in [3.8, 4) is 0 Å². The Morgan fingerprint density at radius 1 is 1.22 bits per heavy atom. The molecule has 126 valence electrons. The molecule has 2 bridgehead atoms. The van der Waals surface area contributed by atoms with Gasteiger partial charge in [0.05, 0.1) is 0 Å². The third kappa shape index (κ3) is 3.02. The maximum absolute atomic E-state index is 11.5. The monoisotopic (exact) mass is 336 g/mol. The molecule has 0 N–H and O–H groups in total. The van der Waals surface area contributed by atoms with Crippen LogP contribution in [0.2, 0.25) is 0 Å². The lowest BCUT2D eigenvalue weighted by Crippen LogP contribution is -2.64. The van der Waals surface area contributed by atoms with Crippen LogP contribution in [0.4, 0.5) is 0 Å². The number of carbonyl (C=O) groups is 1. The van der Waals surface area contributed by atoms with Crippen molar-refractivity contribution >= 4 is 17.7 Å². The van der Waals surface area contributed by atoms with Crippen molar-refractivity contribution in [2.45, 2.75) is 68.0 Å². The van der Waals surface area contributed by atoms with E-state index in [1.54, 1.807) is 11.8 Å². The Labute approximate surface area is 141 Å². The van der Waals surface area contributed by atoms with Crippen LogP contribution in [0, 0.1) is 5.92 Å². The Balaban J connectivity index is 1.79. The lowest BCUT2D eigenvalue weighted by atomic mass is 9.67. The fourth-order valence-electron chi connectivity index (χ4n) is 3.61. The molecule has 23 heavy (non-hydrogen) atoms. The summed E-state index contributed by atoms with van der Waals surface area (Å²) in [6.07, 6.45) is 2.54. The zero-order valence-electron chi connectivity index (χ0n) is 14.1. The molecule has 1 saturated carbocycles. The van der Waals surface area contributed by atoms with Gasteiger partial charge in [0.25, 0.3) is 0 Å². The predicted octanol–water partition coefficient (Wildman–Crippen LogP) is 4.34. The van der Waals surface area contributed by atoms with E-state index >= 15 is 0 Å². The predicted molar refractivity (Wildman–Crippen MR) is 88.8 cm³/mol. The van der Waals surface area contributed by atoms with Crippen LogP contribution < -0.4 is 0 Å². The van der Waals surface area contributed by atoms with Gasteiger partial charge in [-0.05, 0) is 52.2 Å². The minimum absolute atomic E-state index is 0.275. The molecule has 1 aromatic rings. The van der Waals surface area contributed by atoms with Crippen LogP contribution in [0.3, 0.4) is 0 Å². The Morgan fingerprint density at radius 3 is 2.57 bits per heavy atom. The van der Waals surface area contributed by atoms with Crippen LogP contribution in [0.15, 0.2) is 35.2 Å². The molecule has 0 spiro atoms. The molecule has 1 saturated heterocycles. The number of thioether (sulfide) groups is 1. The minimum atomic E-state index is -0.645. The van der Waals surface area contributed by atoms with Crippen molar-refractivity contribution < 1.29 is 19.3 Å². The van der Waals surface area contributed by atoms with Gasteiger partial charge in [-0.15, -0.1) is 0 Å². The first kappa shape index (κ1) is 16.8. The molecule has 0 unspecified atom stereocenters. The molecule has 0 radical (unpaired) electrons. The normalized spacial score (nSPS) is 39.7. The molecule has 1 aliphatic carbocycles. The van der Waals surface area contributed by atoms with E-state index in [0.717, 1.165) is 24.2 Å². The van der Waals surface area contributed by atoms with Crippen LogP contribution in [0.5, 0.6) is 0 Å². The molecule has 1 aromatic carbocycles. The topological polar surface area (TPSA) is 44.8 Å². The van der Waals surface area contributed by atoms with E-state index in [4.69, 9.17) is 14.5 Å². The Morgan fingerprint density at radius 2 is 1.91 bits per heavy atom. The molecular formula is C18H24O4S. The number of hydrogen-bond donors (Lipinski definition) is 0. The molecular weight excluding hydrogens is 312 g/mol. The molecule has 1 aliphatic heterocycles. The second-order valence-corrected chi connectivity index (χ2v) is 8.58. The number of fused-ring (bicyclic) bond motifs is 2. The van der Waals surface area contributed by atoms with Gasteiger partial charge in [-0.25, -0.2) is 9.78 Å². The fraction of sp³-hybridized carbons (Fsp3) is 0.611. The lowest BCUT2D eigenvalue weighted by Gasteiger charge is -2.56. The molecule has 5 heteroatoms. The van der Waals surface area contributed by atoms with Gasteiger partial charge in [0.2, 0.25) is 0 Å². The highest BCUT2D eigenvalue weighted by atomic mass is 32.2. The second kappa shape index (κ2) is 5.80. The summed E-state index contributed by atoms with van der Waals surface area (Å²) in [4.78, 5) is 23.9. The van der Waals surface area contributed by atoms with Crippen molar-refractivity contribution in [1.82, 2.24) is 0 Å². The van der Waals surface area contributed by atoms with Gasteiger partial charge < -0.3 is 4.74 Å². The Kier molecular flexibility index (Phi) is 4.23. The largest absolute Gasteiger partial charge is 0.456 e. The SMILES string of the molecule is CC(=O)O[C@]1(C)CC[C@@H]2C[C@@]1(C)OO[C@@]2(C)Sc1ccccc1. The number of rotatable bonds is 3. The number of ether oxygens (including phenoxy) is 1. The van der Waals surface area contributed by atoms with Gasteiger partial charge in [-0.2, -0.15) is 0 Å². The first-order chi connectivity index (χ1) is 10.8. The highest BCUT2D eigenvalue weighted by Crippen LogP contribution is 2.56. The van der Waals surface area contributed by atoms with E-state index in [1.165, 1.54) is 6.92 Å². The fourth-order valence-corrected chi connectivity index (χ4v) is 4.81.